The van der Waals surface area contributed by atoms with Gasteiger partial charge in [0.1, 0.15) is 5.60 Å². The summed E-state index contributed by atoms with van der Waals surface area (Å²) in [5.41, 5.74) is 0.222. The van der Waals surface area contributed by atoms with Crippen LogP contribution in [0.15, 0.2) is 29.2 Å². The van der Waals surface area contributed by atoms with Crippen molar-refractivity contribution in [3.8, 4) is 0 Å². The highest BCUT2D eigenvalue weighted by Gasteiger charge is 2.15. The highest BCUT2D eigenvalue weighted by molar-refractivity contribution is 8.13. The molecule has 1 rings (SSSR count). The number of carbonyl (C=O) groups excluding carboxylic acids is 1. The molecular formula is C13H18ClNO4S. The van der Waals surface area contributed by atoms with E-state index in [2.05, 4.69) is 5.32 Å². The number of ether oxygens (including phenoxy) is 1. The highest BCUT2D eigenvalue weighted by Crippen LogP contribution is 2.16. The van der Waals surface area contributed by atoms with Crippen LogP contribution in [0.1, 0.15) is 26.3 Å². The SMILES string of the molecule is CC(C)(C)OC(=O)NCCc1cccc(S(=O)(=O)Cl)c1. The largest absolute Gasteiger partial charge is 0.444 e. The van der Waals surface area contributed by atoms with E-state index in [1.165, 1.54) is 12.1 Å². The number of hydrogen-bond acceptors (Lipinski definition) is 4. The smallest absolute Gasteiger partial charge is 0.407 e. The molecule has 1 N–H and O–H groups in total. The predicted molar refractivity (Wildman–Crippen MR) is 77.4 cm³/mol. The molecule has 5 nitrogen and oxygen atoms in total. The van der Waals surface area contributed by atoms with Gasteiger partial charge in [0.2, 0.25) is 0 Å². The average Bonchev–Trinajstić information content (AvgIpc) is 2.25. The Labute approximate surface area is 123 Å². The van der Waals surface area contributed by atoms with Gasteiger partial charge in [-0.1, -0.05) is 12.1 Å². The summed E-state index contributed by atoms with van der Waals surface area (Å²) in [6, 6.07) is 6.28. The van der Waals surface area contributed by atoms with Crippen molar-refractivity contribution in [2.75, 3.05) is 6.54 Å². The first kappa shape index (κ1) is 16.8. The number of halogens is 1. The number of alkyl carbamates (subject to hydrolysis) is 1. The summed E-state index contributed by atoms with van der Waals surface area (Å²) >= 11 is 0. The lowest BCUT2D eigenvalue weighted by molar-refractivity contribution is 0.0528. The fraction of sp³-hybridized carbons (Fsp3) is 0.462. The maximum atomic E-state index is 11.4. The zero-order valence-corrected chi connectivity index (χ0v) is 13.2. The molecular weight excluding hydrogens is 302 g/mol. The van der Waals surface area contributed by atoms with Gasteiger partial charge in [0, 0.05) is 17.2 Å². The summed E-state index contributed by atoms with van der Waals surface area (Å²) in [7, 11) is 1.54. The van der Waals surface area contributed by atoms with E-state index in [9.17, 15) is 13.2 Å². The lowest BCUT2D eigenvalue weighted by atomic mass is 10.1. The maximum absolute atomic E-state index is 11.4. The summed E-state index contributed by atoms with van der Waals surface area (Å²) in [6.45, 7) is 5.69. The molecule has 0 heterocycles. The second-order valence-electron chi connectivity index (χ2n) is 5.26. The number of hydrogen-bond donors (Lipinski definition) is 1. The van der Waals surface area contributed by atoms with Crippen LogP contribution >= 0.6 is 10.7 Å². The molecule has 0 unspecified atom stereocenters. The fourth-order valence-corrected chi connectivity index (χ4v) is 2.30. The molecule has 1 aromatic carbocycles. The van der Waals surface area contributed by atoms with Crippen molar-refractivity contribution in [2.24, 2.45) is 0 Å². The van der Waals surface area contributed by atoms with Gasteiger partial charge in [-0.3, -0.25) is 0 Å². The van der Waals surface area contributed by atoms with Crippen LogP contribution in [-0.4, -0.2) is 26.7 Å². The van der Waals surface area contributed by atoms with Crippen LogP contribution in [0.3, 0.4) is 0 Å². The second kappa shape index (κ2) is 6.45. The molecule has 1 aromatic rings. The Bertz CT molecular complexity index is 578. The van der Waals surface area contributed by atoms with Crippen LogP contribution in [0.2, 0.25) is 0 Å². The van der Waals surface area contributed by atoms with Crippen LogP contribution < -0.4 is 5.32 Å². The van der Waals surface area contributed by atoms with Crippen LogP contribution in [0, 0.1) is 0 Å². The molecule has 0 fully saturated rings. The first-order chi connectivity index (χ1) is 9.08. The van der Waals surface area contributed by atoms with Gasteiger partial charge in [0.25, 0.3) is 9.05 Å². The first-order valence-electron chi connectivity index (χ1n) is 6.08. The minimum atomic E-state index is -3.73. The second-order valence-corrected chi connectivity index (χ2v) is 7.83. The zero-order valence-electron chi connectivity index (χ0n) is 11.6. The molecule has 0 saturated carbocycles. The minimum Gasteiger partial charge on any atom is -0.444 e. The summed E-state index contributed by atoms with van der Waals surface area (Å²) < 4.78 is 27.5. The third kappa shape index (κ3) is 6.25. The highest BCUT2D eigenvalue weighted by atomic mass is 35.7. The van der Waals surface area contributed by atoms with Gasteiger partial charge in [-0.05, 0) is 44.9 Å². The van der Waals surface area contributed by atoms with E-state index < -0.39 is 20.7 Å². The lowest BCUT2D eigenvalue weighted by Gasteiger charge is -2.19. The summed E-state index contributed by atoms with van der Waals surface area (Å²) in [5, 5.41) is 2.60. The molecule has 20 heavy (non-hydrogen) atoms. The van der Waals surface area contributed by atoms with Gasteiger partial charge in [-0.15, -0.1) is 0 Å². The topological polar surface area (TPSA) is 72.5 Å². The van der Waals surface area contributed by atoms with Crippen molar-refractivity contribution in [3.05, 3.63) is 29.8 Å². The molecule has 0 aromatic heterocycles. The Morgan fingerprint density at radius 1 is 1.35 bits per heavy atom. The molecule has 0 bridgehead atoms. The van der Waals surface area contributed by atoms with E-state index in [4.69, 9.17) is 15.4 Å². The Hall–Kier alpha value is -1.27. The van der Waals surface area contributed by atoms with Crippen LogP contribution in [-0.2, 0) is 20.2 Å². The van der Waals surface area contributed by atoms with E-state index in [-0.39, 0.29) is 4.90 Å². The zero-order chi connectivity index (χ0) is 15.4. The van der Waals surface area contributed by atoms with Gasteiger partial charge in [0.05, 0.1) is 4.90 Å². The molecule has 0 radical (unpaired) electrons. The van der Waals surface area contributed by atoms with Gasteiger partial charge in [-0.2, -0.15) is 0 Å². The maximum Gasteiger partial charge on any atom is 0.407 e. The quantitative estimate of drug-likeness (QED) is 0.866. The van der Waals surface area contributed by atoms with Crippen molar-refractivity contribution >= 4 is 25.8 Å². The molecule has 0 aliphatic carbocycles. The molecule has 7 heteroatoms. The van der Waals surface area contributed by atoms with Gasteiger partial charge in [0.15, 0.2) is 0 Å². The van der Waals surface area contributed by atoms with Gasteiger partial charge < -0.3 is 10.1 Å². The average molecular weight is 320 g/mol. The Morgan fingerprint density at radius 3 is 2.55 bits per heavy atom. The van der Waals surface area contributed by atoms with Crippen molar-refractivity contribution < 1.29 is 17.9 Å². The Morgan fingerprint density at radius 2 is 2.00 bits per heavy atom. The molecule has 0 aliphatic heterocycles. The minimum absolute atomic E-state index is 0.0499. The number of rotatable bonds is 4. The number of carbonyl (C=O) groups is 1. The summed E-state index contributed by atoms with van der Waals surface area (Å²) in [6.07, 6.45) is -0.0157. The molecule has 112 valence electrons. The monoisotopic (exact) mass is 319 g/mol. The molecule has 0 atom stereocenters. The van der Waals surface area contributed by atoms with Gasteiger partial charge >= 0.3 is 6.09 Å². The summed E-state index contributed by atoms with van der Waals surface area (Å²) in [4.78, 5) is 11.5. The van der Waals surface area contributed by atoms with Crippen LogP contribution in [0.5, 0.6) is 0 Å². The normalized spacial score (nSPS) is 12.0. The molecule has 1 amide bonds. The van der Waals surface area contributed by atoms with E-state index in [0.717, 1.165) is 5.56 Å². The molecule has 0 saturated heterocycles. The van der Waals surface area contributed by atoms with Crippen LogP contribution in [0.4, 0.5) is 4.79 Å². The van der Waals surface area contributed by atoms with E-state index >= 15 is 0 Å². The van der Waals surface area contributed by atoms with E-state index in [1.54, 1.807) is 32.9 Å². The number of benzene rings is 1. The molecule has 0 aliphatic rings. The summed E-state index contributed by atoms with van der Waals surface area (Å²) in [5.74, 6) is 0. The third-order valence-electron chi connectivity index (χ3n) is 2.26. The van der Waals surface area contributed by atoms with Crippen molar-refractivity contribution in [1.29, 1.82) is 0 Å². The van der Waals surface area contributed by atoms with Crippen LogP contribution in [0.25, 0.3) is 0 Å². The lowest BCUT2D eigenvalue weighted by Crippen LogP contribution is -2.33. The van der Waals surface area contributed by atoms with Crippen molar-refractivity contribution in [3.63, 3.8) is 0 Å². The standard InChI is InChI=1S/C13H18ClNO4S/c1-13(2,3)19-12(16)15-8-7-10-5-4-6-11(9-10)20(14,17)18/h4-6,9H,7-8H2,1-3H3,(H,15,16). The van der Waals surface area contributed by atoms with Crippen molar-refractivity contribution in [2.45, 2.75) is 37.7 Å². The predicted octanol–water partition coefficient (Wildman–Crippen LogP) is 2.68. The Kier molecular flexibility index (Phi) is 5.42. The fourth-order valence-electron chi connectivity index (χ4n) is 1.48. The van der Waals surface area contributed by atoms with E-state index in [0.29, 0.717) is 13.0 Å². The number of nitrogens with one attached hydrogen (secondary N) is 1. The van der Waals surface area contributed by atoms with Crippen molar-refractivity contribution in [1.82, 2.24) is 5.32 Å². The third-order valence-corrected chi connectivity index (χ3v) is 3.61. The number of amides is 1. The Balaban J connectivity index is 2.53. The first-order valence-corrected chi connectivity index (χ1v) is 8.39. The van der Waals surface area contributed by atoms with E-state index in [1.807, 2.05) is 0 Å². The molecule has 0 spiro atoms. The van der Waals surface area contributed by atoms with Gasteiger partial charge in [-0.25, -0.2) is 13.2 Å².